The SMILES string of the molecule is COCCOCCCCNC1C(C)CCCC1C. The van der Waals surface area contributed by atoms with E-state index in [4.69, 9.17) is 9.47 Å². The summed E-state index contributed by atoms with van der Waals surface area (Å²) in [5, 5.41) is 3.74. The van der Waals surface area contributed by atoms with E-state index in [1.54, 1.807) is 7.11 Å². The van der Waals surface area contributed by atoms with Crippen LogP contribution < -0.4 is 5.32 Å². The third-order valence-corrected chi connectivity index (χ3v) is 4.07. The van der Waals surface area contributed by atoms with Crippen molar-refractivity contribution in [3.8, 4) is 0 Å². The molecule has 0 radical (unpaired) electrons. The van der Waals surface area contributed by atoms with Gasteiger partial charge in [0.25, 0.3) is 0 Å². The van der Waals surface area contributed by atoms with Crippen molar-refractivity contribution in [2.24, 2.45) is 11.8 Å². The first-order chi connectivity index (χ1) is 8.75. The number of rotatable bonds is 9. The summed E-state index contributed by atoms with van der Waals surface area (Å²) in [4.78, 5) is 0. The number of unbranched alkanes of at least 4 members (excludes halogenated alkanes) is 1. The minimum absolute atomic E-state index is 0.704. The Hall–Kier alpha value is -0.120. The molecule has 3 heteroatoms. The first-order valence-corrected chi connectivity index (χ1v) is 7.55. The summed E-state index contributed by atoms with van der Waals surface area (Å²) < 4.78 is 10.4. The van der Waals surface area contributed by atoms with Crippen LogP contribution in [0.25, 0.3) is 0 Å². The van der Waals surface area contributed by atoms with Gasteiger partial charge in [-0.1, -0.05) is 20.3 Å². The normalized spacial score (nSPS) is 28.5. The van der Waals surface area contributed by atoms with E-state index in [-0.39, 0.29) is 0 Å². The van der Waals surface area contributed by atoms with Gasteiger partial charge in [-0.15, -0.1) is 0 Å². The van der Waals surface area contributed by atoms with Crippen molar-refractivity contribution in [1.29, 1.82) is 0 Å². The zero-order valence-corrected chi connectivity index (χ0v) is 12.4. The maximum absolute atomic E-state index is 5.46. The molecule has 1 fully saturated rings. The van der Waals surface area contributed by atoms with Crippen LogP contribution in [0.1, 0.15) is 46.0 Å². The van der Waals surface area contributed by atoms with E-state index in [1.807, 2.05) is 0 Å². The van der Waals surface area contributed by atoms with Crippen LogP contribution in [-0.2, 0) is 9.47 Å². The minimum atomic E-state index is 0.704. The third-order valence-electron chi connectivity index (χ3n) is 4.07. The molecule has 1 saturated carbocycles. The van der Waals surface area contributed by atoms with E-state index in [9.17, 15) is 0 Å². The zero-order valence-electron chi connectivity index (χ0n) is 12.4. The summed E-state index contributed by atoms with van der Waals surface area (Å²) in [7, 11) is 1.71. The van der Waals surface area contributed by atoms with E-state index in [0.29, 0.717) is 6.61 Å². The first-order valence-electron chi connectivity index (χ1n) is 7.55. The Morgan fingerprint density at radius 1 is 1.00 bits per heavy atom. The lowest BCUT2D eigenvalue weighted by Crippen LogP contribution is -2.43. The Morgan fingerprint density at radius 3 is 2.39 bits per heavy atom. The highest BCUT2D eigenvalue weighted by atomic mass is 16.5. The predicted molar refractivity (Wildman–Crippen MR) is 75.9 cm³/mol. The summed E-state index contributed by atoms with van der Waals surface area (Å²) in [5.74, 6) is 1.68. The van der Waals surface area contributed by atoms with Crippen molar-refractivity contribution in [3.63, 3.8) is 0 Å². The van der Waals surface area contributed by atoms with Gasteiger partial charge in [0, 0.05) is 19.8 Å². The van der Waals surface area contributed by atoms with Crippen LogP contribution in [0.5, 0.6) is 0 Å². The molecule has 0 bridgehead atoms. The average molecular weight is 257 g/mol. The molecule has 0 spiro atoms. The molecule has 0 heterocycles. The van der Waals surface area contributed by atoms with Crippen molar-refractivity contribution in [1.82, 2.24) is 5.32 Å². The van der Waals surface area contributed by atoms with Crippen molar-refractivity contribution < 1.29 is 9.47 Å². The van der Waals surface area contributed by atoms with Crippen LogP contribution in [0.15, 0.2) is 0 Å². The number of methoxy groups -OCH3 is 1. The summed E-state index contributed by atoms with van der Waals surface area (Å²) >= 11 is 0. The topological polar surface area (TPSA) is 30.5 Å². The van der Waals surface area contributed by atoms with Crippen LogP contribution in [0, 0.1) is 11.8 Å². The lowest BCUT2D eigenvalue weighted by molar-refractivity contribution is 0.0685. The van der Waals surface area contributed by atoms with E-state index >= 15 is 0 Å². The second kappa shape index (κ2) is 9.76. The van der Waals surface area contributed by atoms with Gasteiger partial charge in [-0.2, -0.15) is 0 Å². The molecule has 1 N–H and O–H groups in total. The molecule has 2 unspecified atom stereocenters. The lowest BCUT2D eigenvalue weighted by atomic mass is 9.79. The Labute approximate surface area is 113 Å². The van der Waals surface area contributed by atoms with E-state index in [0.717, 1.165) is 44.1 Å². The standard InChI is InChI=1S/C15H31NO2/c1-13-7-6-8-14(2)15(13)16-9-4-5-10-18-12-11-17-3/h13-16H,4-12H2,1-3H3. The lowest BCUT2D eigenvalue weighted by Gasteiger charge is -2.35. The monoisotopic (exact) mass is 257 g/mol. The van der Waals surface area contributed by atoms with E-state index < -0.39 is 0 Å². The molecular formula is C15H31NO2. The van der Waals surface area contributed by atoms with Gasteiger partial charge < -0.3 is 14.8 Å². The molecule has 18 heavy (non-hydrogen) atoms. The smallest absolute Gasteiger partial charge is 0.0700 e. The fourth-order valence-electron chi connectivity index (χ4n) is 2.93. The van der Waals surface area contributed by atoms with E-state index in [1.165, 1.54) is 25.7 Å². The largest absolute Gasteiger partial charge is 0.382 e. The summed E-state index contributed by atoms with van der Waals surface area (Å²) in [5.41, 5.74) is 0. The maximum Gasteiger partial charge on any atom is 0.0700 e. The molecular weight excluding hydrogens is 226 g/mol. The van der Waals surface area contributed by atoms with Crippen LogP contribution in [0.4, 0.5) is 0 Å². The molecule has 2 atom stereocenters. The fraction of sp³-hybridized carbons (Fsp3) is 1.00. The Kier molecular flexibility index (Phi) is 8.64. The van der Waals surface area contributed by atoms with Gasteiger partial charge >= 0.3 is 0 Å². The van der Waals surface area contributed by atoms with E-state index in [2.05, 4.69) is 19.2 Å². The number of nitrogens with one attached hydrogen (secondary N) is 1. The van der Waals surface area contributed by atoms with Crippen LogP contribution >= 0.6 is 0 Å². The predicted octanol–water partition coefficient (Wildman–Crippen LogP) is 2.84. The maximum atomic E-state index is 5.46. The van der Waals surface area contributed by atoms with Crippen molar-refractivity contribution >= 4 is 0 Å². The van der Waals surface area contributed by atoms with Crippen molar-refractivity contribution in [2.45, 2.75) is 52.0 Å². The van der Waals surface area contributed by atoms with Gasteiger partial charge in [0.1, 0.15) is 0 Å². The molecule has 1 aliphatic carbocycles. The van der Waals surface area contributed by atoms with Gasteiger partial charge in [0.15, 0.2) is 0 Å². The first kappa shape index (κ1) is 15.9. The molecule has 0 aromatic carbocycles. The highest BCUT2D eigenvalue weighted by Crippen LogP contribution is 2.28. The Bertz CT molecular complexity index is 189. The van der Waals surface area contributed by atoms with Crippen molar-refractivity contribution in [3.05, 3.63) is 0 Å². The molecule has 0 amide bonds. The zero-order chi connectivity index (χ0) is 13.2. The van der Waals surface area contributed by atoms with Crippen LogP contribution in [0.3, 0.4) is 0 Å². The number of ether oxygens (including phenoxy) is 2. The highest BCUT2D eigenvalue weighted by Gasteiger charge is 2.26. The van der Waals surface area contributed by atoms with Gasteiger partial charge in [0.05, 0.1) is 13.2 Å². The molecule has 0 aliphatic heterocycles. The fourth-order valence-corrected chi connectivity index (χ4v) is 2.93. The third kappa shape index (κ3) is 6.17. The molecule has 1 rings (SSSR count). The van der Waals surface area contributed by atoms with Gasteiger partial charge in [-0.05, 0) is 44.1 Å². The highest BCUT2D eigenvalue weighted by molar-refractivity contribution is 4.83. The summed E-state index contributed by atoms with van der Waals surface area (Å²) in [6.45, 7) is 8.20. The number of hydrogen-bond acceptors (Lipinski definition) is 3. The second-order valence-electron chi connectivity index (χ2n) is 5.68. The quantitative estimate of drug-likeness (QED) is 0.644. The van der Waals surface area contributed by atoms with Crippen molar-refractivity contribution in [2.75, 3.05) is 33.5 Å². The second-order valence-corrected chi connectivity index (χ2v) is 5.68. The Morgan fingerprint density at radius 2 is 1.72 bits per heavy atom. The molecule has 0 aromatic heterocycles. The summed E-state index contributed by atoms with van der Waals surface area (Å²) in [6.07, 6.45) is 6.55. The molecule has 0 aromatic rings. The van der Waals surface area contributed by atoms with Crippen LogP contribution in [0.2, 0.25) is 0 Å². The number of hydrogen-bond donors (Lipinski definition) is 1. The molecule has 1 aliphatic rings. The Balaban J connectivity index is 1.96. The van der Waals surface area contributed by atoms with Gasteiger partial charge in [-0.3, -0.25) is 0 Å². The average Bonchev–Trinajstić information content (AvgIpc) is 2.35. The summed E-state index contributed by atoms with van der Waals surface area (Å²) in [6, 6.07) is 0.730. The van der Waals surface area contributed by atoms with Gasteiger partial charge in [-0.25, -0.2) is 0 Å². The molecule has 108 valence electrons. The molecule has 0 saturated heterocycles. The molecule has 3 nitrogen and oxygen atoms in total. The van der Waals surface area contributed by atoms with Gasteiger partial charge in [0.2, 0.25) is 0 Å². The minimum Gasteiger partial charge on any atom is -0.382 e. The van der Waals surface area contributed by atoms with Crippen LogP contribution in [-0.4, -0.2) is 39.5 Å².